The fraction of sp³-hybridized carbons (Fsp3) is 0.500. The van der Waals surface area contributed by atoms with Crippen molar-refractivity contribution in [1.82, 2.24) is 4.90 Å². The summed E-state index contributed by atoms with van der Waals surface area (Å²) < 4.78 is 0. The molecule has 1 aliphatic rings. The highest BCUT2D eigenvalue weighted by atomic mass is 15.2. The lowest BCUT2D eigenvalue weighted by molar-refractivity contribution is 0.0700. The largest absolute Gasteiger partial charge is 0.384 e. The Hall–Kier alpha value is -1.35. The summed E-state index contributed by atoms with van der Waals surface area (Å²) in [6.07, 6.45) is 3.76. The van der Waals surface area contributed by atoms with Gasteiger partial charge in [0, 0.05) is 11.1 Å². The van der Waals surface area contributed by atoms with Gasteiger partial charge in [0.25, 0.3) is 0 Å². The molecule has 0 saturated heterocycles. The monoisotopic (exact) mass is 231 g/mol. The van der Waals surface area contributed by atoms with E-state index in [4.69, 9.17) is 5.73 Å². The van der Waals surface area contributed by atoms with Gasteiger partial charge in [-0.15, -0.1) is 0 Å². The van der Waals surface area contributed by atoms with Crippen LogP contribution in [0, 0.1) is 0 Å². The second kappa shape index (κ2) is 4.88. The molecule has 0 aromatic heterocycles. The molecule has 0 bridgehead atoms. The standard InChI is InChI=1S/C14H21N3/c1-17(2)14(9-6-10-14)11-16-13(15)12-7-4-3-5-8-12/h3-5,7-8H,6,9-11H2,1-2H3,(H2,15,16). The van der Waals surface area contributed by atoms with Gasteiger partial charge in [-0.2, -0.15) is 0 Å². The summed E-state index contributed by atoms with van der Waals surface area (Å²) >= 11 is 0. The molecule has 0 amide bonds. The molecule has 1 aromatic carbocycles. The Labute approximate surface area is 103 Å². The van der Waals surface area contributed by atoms with Crippen molar-refractivity contribution in [2.75, 3.05) is 20.6 Å². The molecule has 92 valence electrons. The highest BCUT2D eigenvalue weighted by Crippen LogP contribution is 2.36. The van der Waals surface area contributed by atoms with E-state index in [1.54, 1.807) is 0 Å². The number of rotatable bonds is 4. The fourth-order valence-corrected chi connectivity index (χ4v) is 2.26. The van der Waals surface area contributed by atoms with E-state index >= 15 is 0 Å². The molecule has 0 heterocycles. The van der Waals surface area contributed by atoms with Crippen LogP contribution in [0.1, 0.15) is 24.8 Å². The molecule has 0 aliphatic heterocycles. The molecule has 1 aromatic rings. The van der Waals surface area contributed by atoms with E-state index < -0.39 is 0 Å². The first-order valence-corrected chi connectivity index (χ1v) is 6.17. The Morgan fingerprint density at radius 3 is 2.41 bits per heavy atom. The van der Waals surface area contributed by atoms with Crippen molar-refractivity contribution in [1.29, 1.82) is 0 Å². The Balaban J connectivity index is 2.05. The normalized spacial score (nSPS) is 19.1. The SMILES string of the molecule is CN(C)C1(CN=C(N)c2ccccc2)CCC1. The van der Waals surface area contributed by atoms with E-state index in [1.165, 1.54) is 19.3 Å². The van der Waals surface area contributed by atoms with Crippen LogP contribution in [-0.4, -0.2) is 36.9 Å². The van der Waals surface area contributed by atoms with Gasteiger partial charge in [-0.05, 0) is 33.4 Å². The topological polar surface area (TPSA) is 41.6 Å². The van der Waals surface area contributed by atoms with Crippen molar-refractivity contribution in [2.24, 2.45) is 10.7 Å². The maximum absolute atomic E-state index is 6.01. The highest BCUT2D eigenvalue weighted by Gasteiger charge is 2.38. The first kappa shape index (κ1) is 12.1. The van der Waals surface area contributed by atoms with Gasteiger partial charge in [0.05, 0.1) is 6.54 Å². The zero-order valence-electron chi connectivity index (χ0n) is 10.7. The number of hydrogen-bond donors (Lipinski definition) is 1. The van der Waals surface area contributed by atoms with E-state index in [0.29, 0.717) is 5.84 Å². The second-order valence-corrected chi connectivity index (χ2v) is 5.04. The lowest BCUT2D eigenvalue weighted by Crippen LogP contribution is -2.52. The Bertz CT molecular complexity index is 391. The number of nitrogens with zero attached hydrogens (tertiary/aromatic N) is 2. The summed E-state index contributed by atoms with van der Waals surface area (Å²) in [7, 11) is 4.26. The molecule has 2 N–H and O–H groups in total. The Morgan fingerprint density at radius 1 is 1.29 bits per heavy atom. The summed E-state index contributed by atoms with van der Waals surface area (Å²) in [6, 6.07) is 9.97. The number of aliphatic imine (C=N–C) groups is 1. The van der Waals surface area contributed by atoms with Gasteiger partial charge >= 0.3 is 0 Å². The molecule has 1 fully saturated rings. The molecule has 3 nitrogen and oxygen atoms in total. The quantitative estimate of drug-likeness (QED) is 0.635. The van der Waals surface area contributed by atoms with E-state index in [0.717, 1.165) is 12.1 Å². The zero-order valence-corrected chi connectivity index (χ0v) is 10.7. The van der Waals surface area contributed by atoms with Crippen molar-refractivity contribution in [3.8, 4) is 0 Å². The third-order valence-electron chi connectivity index (χ3n) is 3.85. The van der Waals surface area contributed by atoms with Crippen LogP contribution in [0.5, 0.6) is 0 Å². The number of nitrogens with two attached hydrogens (primary N) is 1. The lowest BCUT2D eigenvalue weighted by atomic mass is 9.76. The third-order valence-corrected chi connectivity index (χ3v) is 3.85. The first-order chi connectivity index (χ1) is 8.14. The van der Waals surface area contributed by atoms with Crippen LogP contribution in [0.15, 0.2) is 35.3 Å². The molecule has 0 atom stereocenters. The Morgan fingerprint density at radius 2 is 1.94 bits per heavy atom. The molecule has 17 heavy (non-hydrogen) atoms. The van der Waals surface area contributed by atoms with Crippen LogP contribution in [0.2, 0.25) is 0 Å². The van der Waals surface area contributed by atoms with E-state index in [1.807, 2.05) is 30.3 Å². The van der Waals surface area contributed by atoms with Crippen LogP contribution in [-0.2, 0) is 0 Å². The average molecular weight is 231 g/mol. The van der Waals surface area contributed by atoms with Crippen LogP contribution in [0.4, 0.5) is 0 Å². The minimum Gasteiger partial charge on any atom is -0.384 e. The number of hydrogen-bond acceptors (Lipinski definition) is 2. The van der Waals surface area contributed by atoms with Gasteiger partial charge < -0.3 is 10.6 Å². The van der Waals surface area contributed by atoms with E-state index in [-0.39, 0.29) is 5.54 Å². The molecular weight excluding hydrogens is 210 g/mol. The van der Waals surface area contributed by atoms with Gasteiger partial charge in [-0.3, -0.25) is 4.99 Å². The van der Waals surface area contributed by atoms with Crippen LogP contribution in [0.25, 0.3) is 0 Å². The fourth-order valence-electron chi connectivity index (χ4n) is 2.26. The second-order valence-electron chi connectivity index (χ2n) is 5.04. The molecule has 0 radical (unpaired) electrons. The molecule has 0 unspecified atom stereocenters. The smallest absolute Gasteiger partial charge is 0.125 e. The van der Waals surface area contributed by atoms with E-state index in [9.17, 15) is 0 Å². The van der Waals surface area contributed by atoms with Gasteiger partial charge in [0.15, 0.2) is 0 Å². The maximum atomic E-state index is 6.01. The summed E-state index contributed by atoms with van der Waals surface area (Å²) in [6.45, 7) is 0.806. The first-order valence-electron chi connectivity index (χ1n) is 6.17. The molecule has 1 aliphatic carbocycles. The molecule has 3 heteroatoms. The maximum Gasteiger partial charge on any atom is 0.125 e. The number of amidine groups is 1. The van der Waals surface area contributed by atoms with Crippen molar-refractivity contribution in [3.63, 3.8) is 0 Å². The van der Waals surface area contributed by atoms with Gasteiger partial charge in [0.1, 0.15) is 5.84 Å². The minimum absolute atomic E-state index is 0.249. The summed E-state index contributed by atoms with van der Waals surface area (Å²) in [5.41, 5.74) is 7.28. The van der Waals surface area contributed by atoms with Crippen molar-refractivity contribution in [3.05, 3.63) is 35.9 Å². The summed E-state index contributed by atoms with van der Waals surface area (Å²) in [4.78, 5) is 6.85. The highest BCUT2D eigenvalue weighted by molar-refractivity contribution is 5.97. The third kappa shape index (κ3) is 2.50. The molecular formula is C14H21N3. The van der Waals surface area contributed by atoms with Crippen molar-refractivity contribution in [2.45, 2.75) is 24.8 Å². The summed E-state index contributed by atoms with van der Waals surface area (Å²) in [5, 5.41) is 0. The van der Waals surface area contributed by atoms with Crippen molar-refractivity contribution >= 4 is 5.84 Å². The van der Waals surface area contributed by atoms with Gasteiger partial charge in [0.2, 0.25) is 0 Å². The predicted molar refractivity (Wildman–Crippen MR) is 72.3 cm³/mol. The van der Waals surface area contributed by atoms with Gasteiger partial charge in [-0.1, -0.05) is 30.3 Å². The van der Waals surface area contributed by atoms with Crippen LogP contribution < -0.4 is 5.73 Å². The summed E-state index contributed by atoms with van der Waals surface area (Å²) in [5.74, 6) is 0.652. The Kier molecular flexibility index (Phi) is 3.48. The predicted octanol–water partition coefficient (Wildman–Crippen LogP) is 1.88. The lowest BCUT2D eigenvalue weighted by Gasteiger charge is -2.46. The number of likely N-dealkylation sites (N-methyl/N-ethyl adjacent to an activating group) is 1. The van der Waals surface area contributed by atoms with E-state index in [2.05, 4.69) is 24.0 Å². The van der Waals surface area contributed by atoms with Crippen LogP contribution in [0.3, 0.4) is 0 Å². The number of benzene rings is 1. The zero-order chi connectivity index (χ0) is 12.3. The minimum atomic E-state index is 0.249. The molecule has 0 spiro atoms. The van der Waals surface area contributed by atoms with Gasteiger partial charge in [-0.25, -0.2) is 0 Å². The molecule has 2 rings (SSSR count). The van der Waals surface area contributed by atoms with Crippen LogP contribution >= 0.6 is 0 Å². The molecule has 1 saturated carbocycles. The van der Waals surface area contributed by atoms with Crippen molar-refractivity contribution < 1.29 is 0 Å². The average Bonchev–Trinajstić information content (AvgIpc) is 2.28.